The van der Waals surface area contributed by atoms with Crippen molar-refractivity contribution in [1.29, 1.82) is 0 Å². The lowest BCUT2D eigenvalue weighted by molar-refractivity contribution is -0.150. The fourth-order valence-electron chi connectivity index (χ4n) is 6.05. The largest absolute Gasteiger partial charge is 0.463 e. The molecule has 2 aliphatic rings. The zero-order valence-corrected chi connectivity index (χ0v) is 30.2. The molecule has 1 aromatic heterocycles. The number of epoxide rings is 1. The number of allylic oxidation sites excluding steroid dienone is 5. The third-order valence-corrected chi connectivity index (χ3v) is 9.37. The summed E-state index contributed by atoms with van der Waals surface area (Å²) in [5.74, 6) is -1.66. The average molecular weight is 702 g/mol. The average Bonchev–Trinajstić information content (AvgIpc) is 3.57. The fourth-order valence-corrected chi connectivity index (χ4v) is 6.05. The summed E-state index contributed by atoms with van der Waals surface area (Å²) < 4.78 is 28.1. The van der Waals surface area contributed by atoms with E-state index in [-0.39, 0.29) is 50.0 Å². The smallest absolute Gasteiger partial charge is 0.330 e. The maximum atomic E-state index is 13.2. The lowest BCUT2D eigenvalue weighted by Gasteiger charge is -2.32. The Bertz CT molecular complexity index is 1410. The van der Waals surface area contributed by atoms with Crippen LogP contribution in [0.15, 0.2) is 64.4 Å². The summed E-state index contributed by atoms with van der Waals surface area (Å²) in [5.41, 5.74) is 1.68. The summed E-state index contributed by atoms with van der Waals surface area (Å²) in [5, 5.41) is 40.9. The molecule has 1 saturated heterocycles. The molecule has 3 rings (SSSR count). The highest BCUT2D eigenvalue weighted by Gasteiger charge is 2.57. The van der Waals surface area contributed by atoms with E-state index in [1.54, 1.807) is 33.3 Å². The Morgan fingerprint density at radius 3 is 2.62 bits per heavy atom. The van der Waals surface area contributed by atoms with Gasteiger partial charge in [0.1, 0.15) is 42.5 Å². The number of aliphatic hydroxyl groups excluding tert-OH is 4. The number of methoxy groups -OCH3 is 1. The van der Waals surface area contributed by atoms with Crippen molar-refractivity contribution in [2.24, 2.45) is 17.8 Å². The Morgan fingerprint density at radius 2 is 1.96 bits per heavy atom. The fraction of sp³-hybridized carbons (Fsp3) is 0.605. The maximum absolute atomic E-state index is 13.2. The number of esters is 2. The van der Waals surface area contributed by atoms with Crippen molar-refractivity contribution in [2.45, 2.75) is 109 Å². The van der Waals surface area contributed by atoms with Crippen molar-refractivity contribution in [3.63, 3.8) is 0 Å². The Labute approximate surface area is 295 Å². The van der Waals surface area contributed by atoms with Gasteiger partial charge in [-0.2, -0.15) is 0 Å². The maximum Gasteiger partial charge on any atom is 0.330 e. The Hall–Kier alpha value is -3.39. The number of aliphatic hydroxyl groups is 4. The molecule has 2 aliphatic heterocycles. The minimum atomic E-state index is -1.18. The first-order valence-electron chi connectivity index (χ1n) is 17.2. The molecule has 0 amide bonds. The van der Waals surface area contributed by atoms with Gasteiger partial charge in [0.2, 0.25) is 0 Å². The van der Waals surface area contributed by atoms with E-state index in [1.165, 1.54) is 6.08 Å². The monoisotopic (exact) mass is 701 g/mol. The van der Waals surface area contributed by atoms with Crippen LogP contribution >= 0.6 is 0 Å². The van der Waals surface area contributed by atoms with E-state index in [2.05, 4.69) is 4.98 Å². The van der Waals surface area contributed by atoms with E-state index in [9.17, 15) is 24.9 Å². The van der Waals surface area contributed by atoms with Crippen LogP contribution in [-0.2, 0) is 28.5 Å². The van der Waals surface area contributed by atoms with Crippen molar-refractivity contribution in [3.8, 4) is 0 Å². The van der Waals surface area contributed by atoms with E-state index in [4.69, 9.17) is 28.5 Å². The molecule has 0 bridgehead atoms. The van der Waals surface area contributed by atoms with Gasteiger partial charge in [0, 0.05) is 44.8 Å². The van der Waals surface area contributed by atoms with Gasteiger partial charge in [0.15, 0.2) is 5.89 Å². The van der Waals surface area contributed by atoms with Gasteiger partial charge in [-0.25, -0.2) is 9.78 Å². The molecule has 50 heavy (non-hydrogen) atoms. The number of oxazole rings is 1. The molecule has 0 aliphatic carbocycles. The van der Waals surface area contributed by atoms with Gasteiger partial charge in [0.25, 0.3) is 0 Å². The number of fused-ring (bicyclic) bond motifs is 1. The number of rotatable bonds is 12. The van der Waals surface area contributed by atoms with Crippen LogP contribution in [0.4, 0.5) is 0 Å². The zero-order valence-electron chi connectivity index (χ0n) is 30.2. The number of aromatic nitrogens is 1. The van der Waals surface area contributed by atoms with Gasteiger partial charge in [0.05, 0.1) is 24.9 Å². The number of ether oxygens (including phenoxy) is 4. The van der Waals surface area contributed by atoms with Crippen LogP contribution in [-0.4, -0.2) is 99.9 Å². The quantitative estimate of drug-likeness (QED) is 0.106. The molecule has 0 radical (unpaired) electrons. The summed E-state index contributed by atoms with van der Waals surface area (Å²) in [6, 6.07) is 0. The molecule has 3 heterocycles. The SMILES string of the molecule is CO[C@@H](/C(C)=C/C=C/C(C)=C/c1coc(C)n1)[C@@H](C)C1C[C@H](O)C2(C)O[C@@H]2/C=C/[C@@H](C)[C@H](O)C[C@H](CC(=O)OCC(O)CO)C/C=C/C(=O)O1. The second-order valence-corrected chi connectivity index (χ2v) is 13.7. The molecule has 10 atom stereocenters. The highest BCUT2D eigenvalue weighted by atomic mass is 16.6. The van der Waals surface area contributed by atoms with Gasteiger partial charge >= 0.3 is 11.9 Å². The third kappa shape index (κ3) is 12.4. The highest BCUT2D eigenvalue weighted by Crippen LogP contribution is 2.43. The van der Waals surface area contributed by atoms with E-state index in [0.717, 1.165) is 16.8 Å². The van der Waals surface area contributed by atoms with Crippen molar-refractivity contribution in [1.82, 2.24) is 4.98 Å². The first-order chi connectivity index (χ1) is 23.7. The first-order valence-corrected chi connectivity index (χ1v) is 17.2. The molecule has 4 N–H and O–H groups in total. The molecule has 0 aromatic carbocycles. The van der Waals surface area contributed by atoms with Crippen molar-refractivity contribution in [2.75, 3.05) is 20.3 Å². The van der Waals surface area contributed by atoms with Crippen LogP contribution < -0.4 is 0 Å². The normalized spacial score (nSPS) is 31.7. The van der Waals surface area contributed by atoms with Crippen LogP contribution in [0.5, 0.6) is 0 Å². The van der Waals surface area contributed by atoms with E-state index in [1.807, 2.05) is 64.2 Å². The predicted octanol–water partition coefficient (Wildman–Crippen LogP) is 4.17. The van der Waals surface area contributed by atoms with E-state index < -0.39 is 60.8 Å². The summed E-state index contributed by atoms with van der Waals surface area (Å²) in [7, 11) is 1.59. The molecule has 1 aromatic rings. The van der Waals surface area contributed by atoms with Gasteiger partial charge in [-0.1, -0.05) is 50.3 Å². The predicted molar refractivity (Wildman–Crippen MR) is 186 cm³/mol. The molecular weight excluding hydrogens is 646 g/mol. The van der Waals surface area contributed by atoms with Crippen molar-refractivity contribution >= 4 is 18.0 Å². The molecule has 12 heteroatoms. The lowest BCUT2D eigenvalue weighted by atomic mass is 9.85. The number of nitrogens with zero attached hydrogens (tertiary/aromatic N) is 1. The summed E-state index contributed by atoms with van der Waals surface area (Å²) in [4.78, 5) is 30.0. The molecule has 0 saturated carbocycles. The van der Waals surface area contributed by atoms with Crippen molar-refractivity contribution in [3.05, 3.63) is 71.5 Å². The number of aryl methyl sites for hydroxylation is 1. The van der Waals surface area contributed by atoms with Crippen LogP contribution in [0.25, 0.3) is 6.08 Å². The standard InChI is InChI=1S/C38H55NO11/c1-23(16-29-21-47-27(5)39-29)10-8-11-25(3)37(46-7)26(4)32-19-33(43)38(6)34(50-38)15-14-24(2)31(42)17-28(12-9-13-35(44)49-32)18-36(45)48-22-30(41)20-40/h8-11,13-16,21,24,26,28,30-34,37,40-43H,12,17-20,22H2,1-7H3/b10-8+,13-9+,15-14+,23-16+,25-11+/t24-,26+,28-,30?,31-,32?,33+,34-,37+,38?/m1/s1. The summed E-state index contributed by atoms with van der Waals surface area (Å²) in [6.07, 6.45) is 11.8. The van der Waals surface area contributed by atoms with Gasteiger partial charge < -0.3 is 43.8 Å². The number of carbonyl (C=O) groups excluding carboxylic acids is 2. The summed E-state index contributed by atoms with van der Waals surface area (Å²) >= 11 is 0. The molecule has 278 valence electrons. The van der Waals surface area contributed by atoms with Gasteiger partial charge in [-0.15, -0.1) is 0 Å². The first kappa shape index (κ1) is 41.0. The number of hydrogen-bond acceptors (Lipinski definition) is 12. The molecule has 12 nitrogen and oxygen atoms in total. The number of cyclic esters (lactones) is 1. The van der Waals surface area contributed by atoms with Gasteiger partial charge in [-0.05, 0) is 56.8 Å². The molecular formula is C38H55NO11. The molecule has 0 spiro atoms. The highest BCUT2D eigenvalue weighted by molar-refractivity contribution is 5.82. The van der Waals surface area contributed by atoms with E-state index in [0.29, 0.717) is 5.89 Å². The number of hydrogen-bond donors (Lipinski definition) is 4. The summed E-state index contributed by atoms with van der Waals surface area (Å²) in [6.45, 7) is 10.4. The Morgan fingerprint density at radius 1 is 1.22 bits per heavy atom. The van der Waals surface area contributed by atoms with E-state index >= 15 is 0 Å². The number of carbonyl (C=O) groups is 2. The topological polar surface area (TPSA) is 181 Å². The molecule has 3 unspecified atom stereocenters. The zero-order chi connectivity index (χ0) is 37.0. The van der Waals surface area contributed by atoms with Crippen LogP contribution in [0, 0.1) is 24.7 Å². The van der Waals surface area contributed by atoms with Gasteiger partial charge in [-0.3, -0.25) is 4.79 Å². The van der Waals surface area contributed by atoms with Crippen LogP contribution in [0.3, 0.4) is 0 Å². The third-order valence-electron chi connectivity index (χ3n) is 9.37. The Kier molecular flexibility index (Phi) is 15.8. The Balaban J connectivity index is 1.81. The van der Waals surface area contributed by atoms with Crippen molar-refractivity contribution < 1.29 is 53.4 Å². The second kappa shape index (κ2) is 19.3. The minimum Gasteiger partial charge on any atom is -0.463 e. The minimum absolute atomic E-state index is 0.0640. The lowest BCUT2D eigenvalue weighted by Crippen LogP contribution is -2.41. The van der Waals surface area contributed by atoms with Crippen LogP contribution in [0.2, 0.25) is 0 Å². The molecule has 1 fully saturated rings. The second-order valence-electron chi connectivity index (χ2n) is 13.7. The van der Waals surface area contributed by atoms with Crippen LogP contribution in [0.1, 0.15) is 71.9 Å².